The van der Waals surface area contributed by atoms with E-state index in [0.29, 0.717) is 6.04 Å². The molecule has 3 heteroatoms. The Labute approximate surface area is 116 Å². The topological polar surface area (TPSA) is 38.0 Å². The van der Waals surface area contributed by atoms with Crippen molar-refractivity contribution in [3.8, 4) is 0 Å². The van der Waals surface area contributed by atoms with Gasteiger partial charge in [0.05, 0.1) is 17.3 Å². The summed E-state index contributed by atoms with van der Waals surface area (Å²) in [5.74, 6) is 0.774. The third-order valence-corrected chi connectivity index (χ3v) is 5.08. The van der Waals surface area contributed by atoms with Gasteiger partial charge in [-0.15, -0.1) is 0 Å². The van der Waals surface area contributed by atoms with Gasteiger partial charge in [0.15, 0.2) is 0 Å². The van der Waals surface area contributed by atoms with Crippen LogP contribution in [0.25, 0.3) is 0 Å². The summed E-state index contributed by atoms with van der Waals surface area (Å²) in [6, 6.07) is 2.71. The van der Waals surface area contributed by atoms with E-state index in [-0.39, 0.29) is 0 Å². The molecule has 1 heterocycles. The first kappa shape index (κ1) is 13.2. The Morgan fingerprint density at radius 2 is 1.95 bits per heavy atom. The van der Waals surface area contributed by atoms with Crippen LogP contribution in [-0.4, -0.2) is 20.5 Å². The average molecular weight is 262 g/mol. The van der Waals surface area contributed by atoms with E-state index in [0.717, 1.165) is 43.7 Å². The molecule has 3 nitrogen and oxygen atoms in total. The van der Waals surface area contributed by atoms with Gasteiger partial charge in [-0.05, 0) is 50.5 Å². The molecule has 106 valence electrons. The fraction of sp³-hybridized carbons (Fsp3) is 0.812. The molecule has 19 heavy (non-hydrogen) atoms. The van der Waals surface area contributed by atoms with Crippen molar-refractivity contribution in [3.63, 3.8) is 0 Å². The van der Waals surface area contributed by atoms with Crippen LogP contribution in [0.1, 0.15) is 70.0 Å². The molecule has 1 aromatic heterocycles. The zero-order valence-electron chi connectivity index (χ0n) is 12.0. The van der Waals surface area contributed by atoms with Gasteiger partial charge in [-0.3, -0.25) is 4.68 Å². The van der Waals surface area contributed by atoms with Gasteiger partial charge in [-0.25, -0.2) is 0 Å². The van der Waals surface area contributed by atoms with Gasteiger partial charge in [0.1, 0.15) is 0 Å². The van der Waals surface area contributed by atoms with Gasteiger partial charge in [-0.1, -0.05) is 19.8 Å². The summed E-state index contributed by atoms with van der Waals surface area (Å²) < 4.78 is 2.14. The SMILES string of the molecule is CC1CCC(O)(Cc2ccn(C3CCCC3)n2)CC1. The van der Waals surface area contributed by atoms with Crippen LogP contribution in [0.2, 0.25) is 0 Å². The molecule has 0 amide bonds. The lowest BCUT2D eigenvalue weighted by atomic mass is 9.77. The van der Waals surface area contributed by atoms with Crippen LogP contribution in [0.15, 0.2) is 12.3 Å². The van der Waals surface area contributed by atoms with Crippen molar-refractivity contribution < 1.29 is 5.11 Å². The Kier molecular flexibility index (Phi) is 3.66. The Morgan fingerprint density at radius 3 is 2.63 bits per heavy atom. The molecule has 0 aliphatic heterocycles. The lowest BCUT2D eigenvalue weighted by molar-refractivity contribution is -0.00758. The van der Waals surface area contributed by atoms with E-state index in [9.17, 15) is 5.11 Å². The van der Waals surface area contributed by atoms with Crippen LogP contribution >= 0.6 is 0 Å². The normalized spacial score (nSPS) is 32.8. The second-order valence-electron chi connectivity index (χ2n) is 6.81. The van der Waals surface area contributed by atoms with E-state index in [1.54, 1.807) is 0 Å². The van der Waals surface area contributed by atoms with Crippen molar-refractivity contribution in [2.75, 3.05) is 0 Å². The molecule has 0 atom stereocenters. The highest BCUT2D eigenvalue weighted by Gasteiger charge is 2.32. The van der Waals surface area contributed by atoms with Crippen molar-refractivity contribution in [1.82, 2.24) is 9.78 Å². The zero-order chi connectivity index (χ0) is 13.3. The molecular formula is C16H26N2O. The highest BCUT2D eigenvalue weighted by molar-refractivity contribution is 5.06. The van der Waals surface area contributed by atoms with Gasteiger partial charge in [0, 0.05) is 12.6 Å². The highest BCUT2D eigenvalue weighted by Crippen LogP contribution is 2.34. The van der Waals surface area contributed by atoms with Crippen LogP contribution in [0.4, 0.5) is 0 Å². The van der Waals surface area contributed by atoms with Gasteiger partial charge in [0.25, 0.3) is 0 Å². The summed E-state index contributed by atoms with van der Waals surface area (Å²) in [5.41, 5.74) is 0.574. The van der Waals surface area contributed by atoms with Crippen LogP contribution < -0.4 is 0 Å². The minimum Gasteiger partial charge on any atom is -0.389 e. The van der Waals surface area contributed by atoms with Crippen molar-refractivity contribution in [2.45, 2.75) is 76.4 Å². The molecule has 0 unspecified atom stereocenters. The minimum absolute atomic E-state index is 0.499. The fourth-order valence-electron chi connectivity index (χ4n) is 3.66. The van der Waals surface area contributed by atoms with Crippen LogP contribution in [0.3, 0.4) is 0 Å². The summed E-state index contributed by atoms with van der Waals surface area (Å²) in [4.78, 5) is 0. The number of hydrogen-bond acceptors (Lipinski definition) is 2. The summed E-state index contributed by atoms with van der Waals surface area (Å²) in [7, 11) is 0. The van der Waals surface area contributed by atoms with Crippen LogP contribution in [0, 0.1) is 5.92 Å². The standard InChI is InChI=1S/C16H26N2O/c1-13-6-9-16(19,10-7-13)12-14-8-11-18(17-14)15-4-2-3-5-15/h8,11,13,15,19H,2-7,9-10,12H2,1H3. The van der Waals surface area contributed by atoms with Crippen LogP contribution in [0.5, 0.6) is 0 Å². The lowest BCUT2D eigenvalue weighted by Gasteiger charge is -2.34. The van der Waals surface area contributed by atoms with Crippen molar-refractivity contribution in [1.29, 1.82) is 0 Å². The summed E-state index contributed by atoms with van der Waals surface area (Å²) in [6.07, 6.45) is 12.2. The maximum absolute atomic E-state index is 10.7. The maximum atomic E-state index is 10.7. The molecule has 0 saturated heterocycles. The Morgan fingerprint density at radius 1 is 1.26 bits per heavy atom. The van der Waals surface area contributed by atoms with E-state index in [2.05, 4.69) is 23.9 Å². The number of aromatic nitrogens is 2. The lowest BCUT2D eigenvalue weighted by Crippen LogP contribution is -2.36. The molecule has 1 aromatic rings. The average Bonchev–Trinajstić information content (AvgIpc) is 3.03. The quantitative estimate of drug-likeness (QED) is 0.905. The smallest absolute Gasteiger partial charge is 0.0703 e. The monoisotopic (exact) mass is 262 g/mol. The minimum atomic E-state index is -0.499. The molecule has 2 aliphatic rings. The van der Waals surface area contributed by atoms with E-state index in [4.69, 9.17) is 5.10 Å². The summed E-state index contributed by atoms with van der Waals surface area (Å²) >= 11 is 0. The second kappa shape index (κ2) is 5.28. The third kappa shape index (κ3) is 3.02. The molecule has 2 aliphatic carbocycles. The molecule has 0 aromatic carbocycles. The number of nitrogens with zero attached hydrogens (tertiary/aromatic N) is 2. The first-order valence-corrected chi connectivity index (χ1v) is 7.91. The molecule has 2 saturated carbocycles. The molecule has 0 bridgehead atoms. The zero-order valence-corrected chi connectivity index (χ0v) is 12.0. The van der Waals surface area contributed by atoms with E-state index in [1.807, 2.05) is 0 Å². The van der Waals surface area contributed by atoms with Gasteiger partial charge >= 0.3 is 0 Å². The third-order valence-electron chi connectivity index (χ3n) is 5.08. The highest BCUT2D eigenvalue weighted by atomic mass is 16.3. The molecule has 0 spiro atoms. The van der Waals surface area contributed by atoms with Gasteiger partial charge < -0.3 is 5.11 Å². The van der Waals surface area contributed by atoms with Gasteiger partial charge in [-0.2, -0.15) is 5.10 Å². The van der Waals surface area contributed by atoms with Crippen molar-refractivity contribution in [2.24, 2.45) is 5.92 Å². The first-order valence-electron chi connectivity index (χ1n) is 7.91. The number of aliphatic hydroxyl groups is 1. The summed E-state index contributed by atoms with van der Waals surface area (Å²) in [5, 5.41) is 15.4. The Balaban J connectivity index is 1.63. The predicted molar refractivity (Wildman–Crippen MR) is 76.0 cm³/mol. The van der Waals surface area contributed by atoms with E-state index < -0.39 is 5.60 Å². The van der Waals surface area contributed by atoms with E-state index >= 15 is 0 Å². The molecule has 0 radical (unpaired) electrons. The van der Waals surface area contributed by atoms with Crippen LogP contribution in [-0.2, 0) is 6.42 Å². The van der Waals surface area contributed by atoms with Crippen molar-refractivity contribution in [3.05, 3.63) is 18.0 Å². The Hall–Kier alpha value is -0.830. The van der Waals surface area contributed by atoms with Crippen molar-refractivity contribution >= 4 is 0 Å². The Bertz CT molecular complexity index is 412. The molecule has 2 fully saturated rings. The first-order chi connectivity index (χ1) is 9.15. The molecule has 3 rings (SSSR count). The largest absolute Gasteiger partial charge is 0.389 e. The van der Waals surface area contributed by atoms with E-state index in [1.165, 1.54) is 25.7 Å². The summed E-state index contributed by atoms with van der Waals surface area (Å²) in [6.45, 7) is 2.29. The molecular weight excluding hydrogens is 236 g/mol. The predicted octanol–water partition coefficient (Wildman–Crippen LogP) is 3.48. The number of hydrogen-bond donors (Lipinski definition) is 1. The molecule has 1 N–H and O–H groups in total. The fourth-order valence-corrected chi connectivity index (χ4v) is 3.66. The second-order valence-corrected chi connectivity index (χ2v) is 6.81. The van der Waals surface area contributed by atoms with Gasteiger partial charge in [0.2, 0.25) is 0 Å². The number of rotatable bonds is 3. The maximum Gasteiger partial charge on any atom is 0.0703 e.